The standard InChI is InChI=1S/C15H33NO2/c1-6-8-9-14(7-2)11-18-13(3)10-15(4,12-17)16-5/h13-14,16-17H,6-12H2,1-5H3. The maximum atomic E-state index is 9.36. The Morgan fingerprint density at radius 2 is 2.00 bits per heavy atom. The van der Waals surface area contributed by atoms with Gasteiger partial charge in [0.1, 0.15) is 0 Å². The summed E-state index contributed by atoms with van der Waals surface area (Å²) >= 11 is 0. The van der Waals surface area contributed by atoms with Crippen molar-refractivity contribution >= 4 is 0 Å². The lowest BCUT2D eigenvalue weighted by molar-refractivity contribution is 0.00900. The van der Waals surface area contributed by atoms with Gasteiger partial charge in [-0.25, -0.2) is 0 Å². The van der Waals surface area contributed by atoms with Gasteiger partial charge in [-0.1, -0.05) is 33.1 Å². The third-order valence-corrected chi connectivity index (χ3v) is 3.85. The lowest BCUT2D eigenvalue weighted by Gasteiger charge is -2.30. The van der Waals surface area contributed by atoms with Gasteiger partial charge in [0.2, 0.25) is 0 Å². The molecule has 110 valence electrons. The highest BCUT2D eigenvalue weighted by Crippen LogP contribution is 2.17. The van der Waals surface area contributed by atoms with Crippen LogP contribution in [0.15, 0.2) is 0 Å². The van der Waals surface area contributed by atoms with Crippen molar-refractivity contribution in [2.24, 2.45) is 5.92 Å². The van der Waals surface area contributed by atoms with Crippen LogP contribution in [0.5, 0.6) is 0 Å². The first-order valence-corrected chi connectivity index (χ1v) is 7.42. The van der Waals surface area contributed by atoms with E-state index in [1.54, 1.807) is 0 Å². The second-order valence-corrected chi connectivity index (χ2v) is 5.73. The van der Waals surface area contributed by atoms with Crippen molar-refractivity contribution in [2.75, 3.05) is 20.3 Å². The molecular weight excluding hydrogens is 226 g/mol. The maximum absolute atomic E-state index is 9.36. The summed E-state index contributed by atoms with van der Waals surface area (Å²) in [5.41, 5.74) is -0.232. The molecule has 18 heavy (non-hydrogen) atoms. The largest absolute Gasteiger partial charge is 0.394 e. The van der Waals surface area contributed by atoms with Gasteiger partial charge >= 0.3 is 0 Å². The lowest BCUT2D eigenvalue weighted by Crippen LogP contribution is -2.46. The molecule has 0 aliphatic heterocycles. The van der Waals surface area contributed by atoms with Gasteiger partial charge in [0.05, 0.1) is 12.7 Å². The first-order valence-electron chi connectivity index (χ1n) is 7.42. The smallest absolute Gasteiger partial charge is 0.0611 e. The number of aliphatic hydroxyl groups is 1. The van der Waals surface area contributed by atoms with Gasteiger partial charge in [0.25, 0.3) is 0 Å². The summed E-state index contributed by atoms with van der Waals surface area (Å²) in [6.07, 6.45) is 6.03. The molecule has 0 heterocycles. The second-order valence-electron chi connectivity index (χ2n) is 5.73. The van der Waals surface area contributed by atoms with E-state index in [9.17, 15) is 5.11 Å². The Morgan fingerprint density at radius 1 is 1.33 bits per heavy atom. The summed E-state index contributed by atoms with van der Waals surface area (Å²) in [5.74, 6) is 0.683. The molecular formula is C15H33NO2. The van der Waals surface area contributed by atoms with E-state index >= 15 is 0 Å². The SMILES string of the molecule is CCCCC(CC)COC(C)CC(C)(CO)NC. The van der Waals surface area contributed by atoms with Gasteiger partial charge in [0, 0.05) is 12.1 Å². The van der Waals surface area contributed by atoms with Crippen molar-refractivity contribution in [1.29, 1.82) is 0 Å². The number of ether oxygens (including phenoxy) is 1. The Labute approximate surface area is 113 Å². The Kier molecular flexibility index (Phi) is 9.70. The van der Waals surface area contributed by atoms with Crippen LogP contribution in [0, 0.1) is 5.92 Å². The third-order valence-electron chi connectivity index (χ3n) is 3.85. The van der Waals surface area contributed by atoms with Gasteiger partial charge in [0.15, 0.2) is 0 Å². The molecule has 0 saturated heterocycles. The van der Waals surface area contributed by atoms with Crippen molar-refractivity contribution in [3.8, 4) is 0 Å². The maximum Gasteiger partial charge on any atom is 0.0611 e. The fraction of sp³-hybridized carbons (Fsp3) is 1.00. The van der Waals surface area contributed by atoms with Crippen LogP contribution in [0.3, 0.4) is 0 Å². The zero-order valence-electron chi connectivity index (χ0n) is 13.0. The van der Waals surface area contributed by atoms with Gasteiger partial charge in [-0.15, -0.1) is 0 Å². The van der Waals surface area contributed by atoms with Crippen LogP contribution in [0.1, 0.15) is 59.8 Å². The zero-order valence-corrected chi connectivity index (χ0v) is 13.0. The van der Waals surface area contributed by atoms with Crippen molar-refractivity contribution in [1.82, 2.24) is 5.32 Å². The zero-order chi connectivity index (χ0) is 14.0. The van der Waals surface area contributed by atoms with E-state index < -0.39 is 0 Å². The molecule has 0 aliphatic rings. The number of aliphatic hydroxyl groups excluding tert-OH is 1. The minimum absolute atomic E-state index is 0.143. The first-order chi connectivity index (χ1) is 8.51. The Hall–Kier alpha value is -0.120. The molecule has 3 heteroatoms. The Morgan fingerprint density at radius 3 is 2.44 bits per heavy atom. The summed E-state index contributed by atoms with van der Waals surface area (Å²) < 4.78 is 5.94. The van der Waals surface area contributed by atoms with Crippen molar-refractivity contribution in [2.45, 2.75) is 71.4 Å². The molecule has 0 rings (SSSR count). The first kappa shape index (κ1) is 17.9. The highest BCUT2D eigenvalue weighted by atomic mass is 16.5. The van der Waals surface area contributed by atoms with Crippen molar-refractivity contribution in [3.05, 3.63) is 0 Å². The van der Waals surface area contributed by atoms with Gasteiger partial charge in [-0.3, -0.25) is 0 Å². The van der Waals surface area contributed by atoms with E-state index in [1.165, 1.54) is 25.7 Å². The molecule has 0 radical (unpaired) electrons. The topological polar surface area (TPSA) is 41.5 Å². The summed E-state index contributed by atoms with van der Waals surface area (Å²) in [6.45, 7) is 9.59. The van der Waals surface area contributed by atoms with E-state index in [4.69, 9.17) is 4.74 Å². The fourth-order valence-corrected chi connectivity index (χ4v) is 2.14. The number of rotatable bonds is 11. The lowest BCUT2D eigenvalue weighted by atomic mass is 9.95. The summed E-state index contributed by atoms with van der Waals surface area (Å²) in [5, 5.41) is 12.5. The number of unbranched alkanes of at least 4 members (excludes halogenated alkanes) is 1. The predicted molar refractivity (Wildman–Crippen MR) is 77.9 cm³/mol. The van der Waals surface area contributed by atoms with E-state index in [1.807, 2.05) is 14.0 Å². The van der Waals surface area contributed by atoms with Crippen LogP contribution >= 0.6 is 0 Å². The van der Waals surface area contributed by atoms with E-state index in [2.05, 4.69) is 26.1 Å². The van der Waals surface area contributed by atoms with Crippen molar-refractivity contribution < 1.29 is 9.84 Å². The molecule has 3 unspecified atom stereocenters. The monoisotopic (exact) mass is 259 g/mol. The summed E-state index contributed by atoms with van der Waals surface area (Å²) in [7, 11) is 1.89. The summed E-state index contributed by atoms with van der Waals surface area (Å²) in [4.78, 5) is 0. The molecule has 3 nitrogen and oxygen atoms in total. The third kappa shape index (κ3) is 7.34. The minimum atomic E-state index is -0.232. The van der Waals surface area contributed by atoms with Crippen LogP contribution in [-0.2, 0) is 4.74 Å². The molecule has 0 aliphatic carbocycles. The van der Waals surface area contributed by atoms with Crippen molar-refractivity contribution in [3.63, 3.8) is 0 Å². The van der Waals surface area contributed by atoms with Crippen LogP contribution in [0.25, 0.3) is 0 Å². The quantitative estimate of drug-likeness (QED) is 0.599. The van der Waals surface area contributed by atoms with Crippen LogP contribution in [0.4, 0.5) is 0 Å². The van der Waals surface area contributed by atoms with Crippen LogP contribution in [0.2, 0.25) is 0 Å². The normalized spacial score (nSPS) is 18.3. The van der Waals surface area contributed by atoms with Crippen LogP contribution < -0.4 is 5.32 Å². The Bertz CT molecular complexity index is 193. The molecule has 3 atom stereocenters. The highest BCUT2D eigenvalue weighted by Gasteiger charge is 2.24. The average molecular weight is 259 g/mol. The number of likely N-dealkylation sites (N-methyl/N-ethyl adjacent to an activating group) is 1. The van der Waals surface area contributed by atoms with Crippen LogP contribution in [-0.4, -0.2) is 37.0 Å². The molecule has 0 saturated carbocycles. The minimum Gasteiger partial charge on any atom is -0.394 e. The molecule has 0 aromatic rings. The molecule has 0 aromatic heterocycles. The van der Waals surface area contributed by atoms with Gasteiger partial charge in [-0.2, -0.15) is 0 Å². The molecule has 0 aromatic carbocycles. The van der Waals surface area contributed by atoms with Gasteiger partial charge < -0.3 is 15.2 Å². The fourth-order valence-electron chi connectivity index (χ4n) is 2.14. The van der Waals surface area contributed by atoms with E-state index in [0.29, 0.717) is 5.92 Å². The summed E-state index contributed by atoms with van der Waals surface area (Å²) in [6, 6.07) is 0. The molecule has 0 bridgehead atoms. The van der Waals surface area contributed by atoms with Gasteiger partial charge in [-0.05, 0) is 39.7 Å². The number of nitrogens with one attached hydrogen (secondary N) is 1. The van der Waals surface area contributed by atoms with E-state index in [0.717, 1.165) is 13.0 Å². The molecule has 0 spiro atoms. The number of hydrogen-bond donors (Lipinski definition) is 2. The average Bonchev–Trinajstić information content (AvgIpc) is 2.38. The predicted octanol–water partition coefficient (Wildman–Crippen LogP) is 2.97. The molecule has 2 N–H and O–H groups in total. The van der Waals surface area contributed by atoms with E-state index in [-0.39, 0.29) is 18.2 Å². The highest BCUT2D eigenvalue weighted by molar-refractivity contribution is 4.82. The number of hydrogen-bond acceptors (Lipinski definition) is 3. The molecule has 0 amide bonds. The molecule has 0 fully saturated rings. The second kappa shape index (κ2) is 9.76. The Balaban J connectivity index is 3.96.